The average molecular weight is 395 g/mol. The number of aryl methyl sites for hydroxylation is 1. The lowest BCUT2D eigenvalue weighted by Crippen LogP contribution is -2.17. The summed E-state index contributed by atoms with van der Waals surface area (Å²) in [6.07, 6.45) is 1.41. The molecule has 0 saturated heterocycles. The van der Waals surface area contributed by atoms with Gasteiger partial charge in [-0.05, 0) is 61.0 Å². The van der Waals surface area contributed by atoms with E-state index in [2.05, 4.69) is 46.3 Å². The van der Waals surface area contributed by atoms with E-state index in [0.29, 0.717) is 11.1 Å². The summed E-state index contributed by atoms with van der Waals surface area (Å²) in [4.78, 5) is 12.4. The molecule has 0 spiro atoms. The van der Waals surface area contributed by atoms with Gasteiger partial charge in [-0.25, -0.2) is 5.43 Å². The second kappa shape index (κ2) is 8.49. The van der Waals surface area contributed by atoms with Crippen molar-refractivity contribution in [3.8, 4) is 22.7 Å². The summed E-state index contributed by atoms with van der Waals surface area (Å²) in [6, 6.07) is 28.5. The van der Waals surface area contributed by atoms with Crippen LogP contribution in [0, 0.1) is 6.92 Å². The van der Waals surface area contributed by atoms with E-state index in [1.165, 1.54) is 6.21 Å². The number of carbonyl (C=O) groups is 1. The molecule has 0 aliphatic rings. The smallest absolute Gasteiger partial charge is 0.271 e. The fourth-order valence-corrected chi connectivity index (χ4v) is 3.30. The third-order valence-electron chi connectivity index (χ3n) is 4.84. The number of hydrogen-bond donors (Lipinski definition) is 2. The van der Waals surface area contributed by atoms with Crippen molar-refractivity contribution in [3.05, 3.63) is 108 Å². The Bertz CT molecular complexity index is 1190. The highest BCUT2D eigenvalue weighted by Gasteiger charge is 2.10. The van der Waals surface area contributed by atoms with Crippen LogP contribution in [-0.2, 0) is 0 Å². The third-order valence-corrected chi connectivity index (χ3v) is 4.84. The van der Waals surface area contributed by atoms with E-state index >= 15 is 0 Å². The Balaban J connectivity index is 1.52. The topological polar surface area (TPSA) is 66.6 Å². The molecule has 2 N–H and O–H groups in total. The molecule has 5 nitrogen and oxygen atoms in total. The van der Waals surface area contributed by atoms with Gasteiger partial charge in [-0.3, -0.25) is 4.79 Å². The molecule has 0 atom stereocenters. The number of hydrazone groups is 1. The minimum Gasteiger partial charge on any atom is -0.507 e. The van der Waals surface area contributed by atoms with E-state index in [-0.39, 0.29) is 11.7 Å². The number of benzene rings is 3. The van der Waals surface area contributed by atoms with Gasteiger partial charge in [0.25, 0.3) is 5.91 Å². The maximum Gasteiger partial charge on any atom is 0.271 e. The molecule has 0 saturated carbocycles. The molecule has 5 heteroatoms. The number of carbonyl (C=O) groups excluding carboxylic acids is 1. The van der Waals surface area contributed by atoms with Crippen LogP contribution in [0.15, 0.2) is 96.1 Å². The predicted octanol–water partition coefficient (Wildman–Crippen LogP) is 4.92. The van der Waals surface area contributed by atoms with E-state index in [9.17, 15) is 9.90 Å². The van der Waals surface area contributed by atoms with Crippen LogP contribution in [-0.4, -0.2) is 21.8 Å². The minimum atomic E-state index is -0.319. The van der Waals surface area contributed by atoms with Crippen molar-refractivity contribution < 1.29 is 9.90 Å². The number of aromatic hydroxyl groups is 1. The van der Waals surface area contributed by atoms with Gasteiger partial charge < -0.3 is 9.67 Å². The normalized spacial score (nSPS) is 11.0. The Morgan fingerprint density at radius 2 is 1.60 bits per heavy atom. The van der Waals surface area contributed by atoms with E-state index in [1.807, 2.05) is 30.3 Å². The molecule has 0 aliphatic heterocycles. The summed E-state index contributed by atoms with van der Waals surface area (Å²) in [6.45, 7) is 2.06. The SMILES string of the molecule is Cc1ccc(-c2ccccc2)n1-c1ccc(C(=O)N/N=C/c2ccccc2O)cc1. The van der Waals surface area contributed by atoms with Gasteiger partial charge in [0.1, 0.15) is 5.75 Å². The summed E-state index contributed by atoms with van der Waals surface area (Å²) in [7, 11) is 0. The number of aromatic nitrogens is 1. The molecule has 4 aromatic rings. The van der Waals surface area contributed by atoms with Crippen LogP contribution in [0.4, 0.5) is 0 Å². The van der Waals surface area contributed by atoms with Gasteiger partial charge >= 0.3 is 0 Å². The van der Waals surface area contributed by atoms with Crippen molar-refractivity contribution >= 4 is 12.1 Å². The Morgan fingerprint density at radius 3 is 2.33 bits per heavy atom. The van der Waals surface area contributed by atoms with Crippen LogP contribution in [0.25, 0.3) is 16.9 Å². The molecule has 4 rings (SSSR count). The molecule has 0 fully saturated rings. The van der Waals surface area contributed by atoms with Crippen LogP contribution in [0.3, 0.4) is 0 Å². The standard InChI is InChI=1S/C25H21N3O2/c1-18-11-16-23(19-7-3-2-4-8-19)28(18)22-14-12-20(13-15-22)25(30)27-26-17-21-9-5-6-10-24(21)29/h2-17,29H,1H3,(H,27,30)/b26-17+. The zero-order valence-electron chi connectivity index (χ0n) is 16.5. The van der Waals surface area contributed by atoms with Crippen LogP contribution in [0.1, 0.15) is 21.6 Å². The minimum absolute atomic E-state index is 0.108. The van der Waals surface area contributed by atoms with Gasteiger partial charge in [-0.1, -0.05) is 42.5 Å². The lowest BCUT2D eigenvalue weighted by atomic mass is 10.1. The Kier molecular flexibility index (Phi) is 5.44. The van der Waals surface area contributed by atoms with Gasteiger partial charge in [0.05, 0.1) is 11.9 Å². The van der Waals surface area contributed by atoms with Gasteiger partial charge in [0, 0.05) is 22.5 Å². The van der Waals surface area contributed by atoms with Crippen LogP contribution in [0.5, 0.6) is 5.75 Å². The second-order valence-electron chi connectivity index (χ2n) is 6.87. The fourth-order valence-electron chi connectivity index (χ4n) is 3.30. The van der Waals surface area contributed by atoms with Crippen LogP contribution in [0.2, 0.25) is 0 Å². The molecule has 0 aliphatic carbocycles. The summed E-state index contributed by atoms with van der Waals surface area (Å²) in [5.41, 5.74) is 7.83. The zero-order valence-corrected chi connectivity index (χ0v) is 16.5. The number of nitrogens with one attached hydrogen (secondary N) is 1. The maximum absolute atomic E-state index is 12.4. The Hall–Kier alpha value is -4.12. The molecular weight excluding hydrogens is 374 g/mol. The van der Waals surface area contributed by atoms with Crippen molar-refractivity contribution in [2.75, 3.05) is 0 Å². The van der Waals surface area contributed by atoms with Crippen molar-refractivity contribution in [1.82, 2.24) is 9.99 Å². The number of amides is 1. The number of hydrogen-bond acceptors (Lipinski definition) is 3. The fraction of sp³-hybridized carbons (Fsp3) is 0.0400. The highest BCUT2D eigenvalue weighted by Crippen LogP contribution is 2.26. The molecule has 0 bridgehead atoms. The first kappa shape index (κ1) is 19.2. The molecule has 148 valence electrons. The van der Waals surface area contributed by atoms with Crippen molar-refractivity contribution in [1.29, 1.82) is 0 Å². The number of nitrogens with zero attached hydrogens (tertiary/aromatic N) is 2. The first-order chi connectivity index (χ1) is 14.6. The van der Waals surface area contributed by atoms with Gasteiger partial charge in [-0.2, -0.15) is 5.10 Å². The molecular formula is C25H21N3O2. The average Bonchev–Trinajstić information content (AvgIpc) is 3.17. The maximum atomic E-state index is 12.4. The van der Waals surface area contributed by atoms with E-state index < -0.39 is 0 Å². The van der Waals surface area contributed by atoms with Gasteiger partial charge in [-0.15, -0.1) is 0 Å². The molecule has 30 heavy (non-hydrogen) atoms. The molecule has 1 heterocycles. The van der Waals surface area contributed by atoms with Crippen molar-refractivity contribution in [3.63, 3.8) is 0 Å². The first-order valence-corrected chi connectivity index (χ1v) is 9.59. The molecule has 3 aromatic carbocycles. The highest BCUT2D eigenvalue weighted by molar-refractivity contribution is 5.95. The van der Waals surface area contributed by atoms with Gasteiger partial charge in [0.2, 0.25) is 0 Å². The number of rotatable bonds is 5. The second-order valence-corrected chi connectivity index (χ2v) is 6.87. The molecule has 1 aromatic heterocycles. The van der Waals surface area contributed by atoms with Crippen LogP contribution < -0.4 is 5.43 Å². The van der Waals surface area contributed by atoms with Gasteiger partial charge in [0.15, 0.2) is 0 Å². The van der Waals surface area contributed by atoms with E-state index in [4.69, 9.17) is 0 Å². The zero-order chi connectivity index (χ0) is 20.9. The summed E-state index contributed by atoms with van der Waals surface area (Å²) >= 11 is 0. The Morgan fingerprint density at radius 1 is 0.900 bits per heavy atom. The number of phenols is 1. The lowest BCUT2D eigenvalue weighted by Gasteiger charge is -2.12. The number of phenolic OH excluding ortho intramolecular Hbond substituents is 1. The lowest BCUT2D eigenvalue weighted by molar-refractivity contribution is 0.0955. The van der Waals surface area contributed by atoms with Crippen molar-refractivity contribution in [2.45, 2.75) is 6.92 Å². The monoisotopic (exact) mass is 395 g/mol. The summed E-state index contributed by atoms with van der Waals surface area (Å²) < 4.78 is 2.16. The number of para-hydroxylation sites is 1. The summed E-state index contributed by atoms with van der Waals surface area (Å²) in [5, 5.41) is 13.7. The molecule has 0 unspecified atom stereocenters. The third kappa shape index (κ3) is 4.00. The van der Waals surface area contributed by atoms with Crippen LogP contribution >= 0.6 is 0 Å². The first-order valence-electron chi connectivity index (χ1n) is 9.59. The quantitative estimate of drug-likeness (QED) is 0.372. The summed E-state index contributed by atoms with van der Waals surface area (Å²) in [5.74, 6) is -0.211. The molecule has 0 radical (unpaired) electrons. The molecule has 1 amide bonds. The van der Waals surface area contributed by atoms with Crippen molar-refractivity contribution in [2.24, 2.45) is 5.10 Å². The predicted molar refractivity (Wildman–Crippen MR) is 119 cm³/mol. The van der Waals surface area contributed by atoms with E-state index in [0.717, 1.165) is 22.6 Å². The largest absolute Gasteiger partial charge is 0.507 e. The Labute approximate surface area is 174 Å². The van der Waals surface area contributed by atoms with E-state index in [1.54, 1.807) is 36.4 Å². The highest BCUT2D eigenvalue weighted by atomic mass is 16.3.